The SMILES string of the molecule is Cc1nc(Oc2ccc(NS(=O)(=O)c3cccc(Cl)c3)cc2)cc(-n2nc(C)c(C)c2C)n1. The van der Waals surface area contributed by atoms with Crippen LogP contribution in [0.5, 0.6) is 11.6 Å². The number of halogens is 1. The van der Waals surface area contributed by atoms with Gasteiger partial charge in [-0.25, -0.2) is 18.1 Å². The van der Waals surface area contributed by atoms with Crippen LogP contribution in [0.25, 0.3) is 5.82 Å². The van der Waals surface area contributed by atoms with E-state index in [1.807, 2.05) is 20.8 Å². The zero-order valence-corrected chi connectivity index (χ0v) is 20.1. The van der Waals surface area contributed by atoms with Crippen LogP contribution < -0.4 is 9.46 Å². The van der Waals surface area contributed by atoms with E-state index in [1.54, 1.807) is 54.1 Å². The Balaban J connectivity index is 1.54. The van der Waals surface area contributed by atoms with E-state index in [-0.39, 0.29) is 4.90 Å². The highest BCUT2D eigenvalue weighted by Crippen LogP contribution is 2.25. The summed E-state index contributed by atoms with van der Waals surface area (Å²) in [6.45, 7) is 7.73. The van der Waals surface area contributed by atoms with Crippen LogP contribution in [0.1, 0.15) is 22.8 Å². The van der Waals surface area contributed by atoms with Crippen molar-refractivity contribution in [2.45, 2.75) is 32.6 Å². The monoisotopic (exact) mass is 483 g/mol. The van der Waals surface area contributed by atoms with Crippen LogP contribution in [-0.4, -0.2) is 28.2 Å². The molecular weight excluding hydrogens is 462 g/mol. The fraction of sp³-hybridized carbons (Fsp3) is 0.174. The summed E-state index contributed by atoms with van der Waals surface area (Å²) in [4.78, 5) is 8.90. The van der Waals surface area contributed by atoms with Crippen molar-refractivity contribution in [2.24, 2.45) is 0 Å². The number of aromatic nitrogens is 4. The highest BCUT2D eigenvalue weighted by molar-refractivity contribution is 7.92. The molecule has 8 nitrogen and oxygen atoms in total. The second-order valence-corrected chi connectivity index (χ2v) is 9.63. The number of nitrogens with zero attached hydrogens (tertiary/aromatic N) is 4. The van der Waals surface area contributed by atoms with Gasteiger partial charge in [0.1, 0.15) is 11.6 Å². The highest BCUT2D eigenvalue weighted by Gasteiger charge is 2.15. The first-order chi connectivity index (χ1) is 15.6. The van der Waals surface area contributed by atoms with Gasteiger partial charge in [0.25, 0.3) is 10.0 Å². The Kier molecular flexibility index (Phi) is 6.09. The molecule has 170 valence electrons. The summed E-state index contributed by atoms with van der Waals surface area (Å²) in [5.41, 5.74) is 3.42. The van der Waals surface area contributed by atoms with Crippen molar-refractivity contribution >= 4 is 27.3 Å². The number of hydrogen-bond donors (Lipinski definition) is 1. The van der Waals surface area contributed by atoms with E-state index >= 15 is 0 Å². The third-order valence-corrected chi connectivity index (χ3v) is 6.72. The first kappa shape index (κ1) is 22.8. The Bertz CT molecular complexity index is 1430. The van der Waals surface area contributed by atoms with Crippen molar-refractivity contribution in [3.8, 4) is 17.4 Å². The number of aryl methyl sites for hydroxylation is 2. The van der Waals surface area contributed by atoms with Gasteiger partial charge in [0.05, 0.1) is 10.6 Å². The molecule has 4 aromatic rings. The molecule has 0 saturated heterocycles. The summed E-state index contributed by atoms with van der Waals surface area (Å²) in [6, 6.07) is 14.3. The minimum absolute atomic E-state index is 0.0821. The molecule has 33 heavy (non-hydrogen) atoms. The predicted molar refractivity (Wildman–Crippen MR) is 127 cm³/mol. The molecule has 0 spiro atoms. The largest absolute Gasteiger partial charge is 0.439 e. The number of benzene rings is 2. The second-order valence-electron chi connectivity index (χ2n) is 7.51. The molecule has 2 aromatic carbocycles. The smallest absolute Gasteiger partial charge is 0.261 e. The average Bonchev–Trinajstić information content (AvgIpc) is 3.02. The van der Waals surface area contributed by atoms with Crippen molar-refractivity contribution in [1.82, 2.24) is 19.7 Å². The lowest BCUT2D eigenvalue weighted by Gasteiger charge is -2.11. The minimum atomic E-state index is -3.76. The van der Waals surface area contributed by atoms with Crippen LogP contribution in [0.4, 0.5) is 5.69 Å². The fourth-order valence-corrected chi connectivity index (χ4v) is 4.55. The van der Waals surface area contributed by atoms with Gasteiger partial charge in [-0.15, -0.1) is 0 Å². The van der Waals surface area contributed by atoms with Gasteiger partial charge >= 0.3 is 0 Å². The van der Waals surface area contributed by atoms with E-state index in [2.05, 4.69) is 19.8 Å². The number of nitrogens with one attached hydrogen (secondary N) is 1. The summed E-state index contributed by atoms with van der Waals surface area (Å²) in [5.74, 6) is 2.00. The lowest BCUT2D eigenvalue weighted by atomic mass is 10.2. The average molecular weight is 484 g/mol. The topological polar surface area (TPSA) is 99.0 Å². The van der Waals surface area contributed by atoms with E-state index < -0.39 is 10.0 Å². The van der Waals surface area contributed by atoms with E-state index in [0.717, 1.165) is 17.0 Å². The van der Waals surface area contributed by atoms with Gasteiger partial charge in [-0.2, -0.15) is 10.1 Å². The standard InChI is InChI=1S/C23H22ClN5O3S/c1-14-15(2)27-29(16(14)3)22-13-23(26-17(4)25-22)32-20-10-8-19(9-11-20)28-33(30,31)21-7-5-6-18(24)12-21/h5-13,28H,1-4H3. The first-order valence-electron chi connectivity index (χ1n) is 10.1. The maximum absolute atomic E-state index is 12.6. The van der Waals surface area contributed by atoms with Crippen molar-refractivity contribution in [3.63, 3.8) is 0 Å². The molecule has 2 heterocycles. The summed E-state index contributed by atoms with van der Waals surface area (Å²) >= 11 is 5.91. The molecule has 0 bridgehead atoms. The summed E-state index contributed by atoms with van der Waals surface area (Å²) in [7, 11) is -3.76. The molecule has 10 heteroatoms. The summed E-state index contributed by atoms with van der Waals surface area (Å²) < 4.78 is 35.3. The minimum Gasteiger partial charge on any atom is -0.439 e. The normalized spacial score (nSPS) is 11.4. The van der Waals surface area contributed by atoms with Gasteiger partial charge in [0.2, 0.25) is 5.88 Å². The molecule has 0 unspecified atom stereocenters. The van der Waals surface area contributed by atoms with Crippen LogP contribution in [0.2, 0.25) is 5.02 Å². The van der Waals surface area contributed by atoms with Crippen molar-refractivity contribution in [1.29, 1.82) is 0 Å². The molecular formula is C23H22ClN5O3S. The Morgan fingerprint density at radius 2 is 1.70 bits per heavy atom. The van der Waals surface area contributed by atoms with Gasteiger partial charge in [0.15, 0.2) is 5.82 Å². The molecule has 0 radical (unpaired) electrons. The lowest BCUT2D eigenvalue weighted by molar-refractivity contribution is 0.459. The Labute approximate surface area is 197 Å². The van der Waals surface area contributed by atoms with E-state index in [0.29, 0.717) is 34.0 Å². The highest BCUT2D eigenvalue weighted by atomic mass is 35.5. The van der Waals surface area contributed by atoms with Gasteiger partial charge < -0.3 is 4.74 Å². The quantitative estimate of drug-likeness (QED) is 0.407. The maximum Gasteiger partial charge on any atom is 0.261 e. The third kappa shape index (κ3) is 4.99. The Morgan fingerprint density at radius 3 is 2.33 bits per heavy atom. The molecule has 1 N–H and O–H groups in total. The van der Waals surface area contributed by atoms with Crippen LogP contribution in [0.15, 0.2) is 59.5 Å². The molecule has 0 aliphatic rings. The van der Waals surface area contributed by atoms with Crippen molar-refractivity contribution in [2.75, 3.05) is 4.72 Å². The second kappa shape index (κ2) is 8.84. The molecule has 0 aliphatic heterocycles. The van der Waals surface area contributed by atoms with Crippen LogP contribution in [0.3, 0.4) is 0 Å². The molecule has 0 atom stereocenters. The summed E-state index contributed by atoms with van der Waals surface area (Å²) in [6.07, 6.45) is 0. The molecule has 0 saturated carbocycles. The number of rotatable bonds is 6. The Morgan fingerprint density at radius 1 is 0.970 bits per heavy atom. The number of ether oxygens (including phenoxy) is 1. The van der Waals surface area contributed by atoms with E-state index in [1.165, 1.54) is 12.1 Å². The number of anilines is 1. The number of hydrogen-bond acceptors (Lipinski definition) is 6. The number of sulfonamides is 1. The predicted octanol–water partition coefficient (Wildman–Crippen LogP) is 5.14. The van der Waals surface area contributed by atoms with E-state index in [9.17, 15) is 8.42 Å². The van der Waals surface area contributed by atoms with Crippen molar-refractivity contribution < 1.29 is 13.2 Å². The van der Waals surface area contributed by atoms with Crippen molar-refractivity contribution in [3.05, 3.63) is 82.4 Å². The molecule has 2 aromatic heterocycles. The third-order valence-electron chi connectivity index (χ3n) is 5.11. The maximum atomic E-state index is 12.6. The van der Waals surface area contributed by atoms with Gasteiger partial charge in [-0.05, 0) is 75.7 Å². The fourth-order valence-electron chi connectivity index (χ4n) is 3.19. The molecule has 0 aliphatic carbocycles. The zero-order chi connectivity index (χ0) is 23.8. The lowest BCUT2D eigenvalue weighted by Crippen LogP contribution is -2.12. The van der Waals surface area contributed by atoms with Crippen LogP contribution in [-0.2, 0) is 10.0 Å². The van der Waals surface area contributed by atoms with E-state index in [4.69, 9.17) is 16.3 Å². The van der Waals surface area contributed by atoms with Crippen LogP contribution in [0, 0.1) is 27.7 Å². The van der Waals surface area contributed by atoms with Crippen LogP contribution >= 0.6 is 11.6 Å². The van der Waals surface area contributed by atoms with Gasteiger partial charge in [-0.1, -0.05) is 17.7 Å². The summed E-state index contributed by atoms with van der Waals surface area (Å²) in [5, 5.41) is 4.89. The molecule has 0 fully saturated rings. The zero-order valence-electron chi connectivity index (χ0n) is 18.5. The molecule has 0 amide bonds. The Hall–Kier alpha value is -3.43. The van der Waals surface area contributed by atoms with Gasteiger partial charge in [0, 0.05) is 22.5 Å². The van der Waals surface area contributed by atoms with Gasteiger partial charge in [-0.3, -0.25) is 4.72 Å². The molecule has 4 rings (SSSR count). The first-order valence-corrected chi connectivity index (χ1v) is 11.9.